The third kappa shape index (κ3) is 5.65. The van der Waals surface area contributed by atoms with Crippen molar-refractivity contribution in [3.8, 4) is 11.5 Å². The molecule has 1 aromatic heterocycles. The highest BCUT2D eigenvalue weighted by atomic mass is 79.9. The summed E-state index contributed by atoms with van der Waals surface area (Å²) in [5.41, 5.74) is 2.12. The minimum Gasteiger partial charge on any atom is -0.493 e. The molecule has 4 rings (SSSR count). The Balaban J connectivity index is 1.81. The molecule has 1 atom stereocenters. The van der Waals surface area contributed by atoms with Crippen molar-refractivity contribution >= 4 is 49.0 Å². The molecule has 0 bridgehead atoms. The van der Waals surface area contributed by atoms with E-state index >= 15 is 0 Å². The highest BCUT2D eigenvalue weighted by molar-refractivity contribution is 9.10. The Bertz CT molecular complexity index is 1440. The quantitative estimate of drug-likeness (QED) is 0.207. The lowest BCUT2D eigenvalue weighted by atomic mass is 10.1. The summed E-state index contributed by atoms with van der Waals surface area (Å²) in [6, 6.07) is 19.1. The average molecular weight is 599 g/mol. The van der Waals surface area contributed by atoms with Crippen molar-refractivity contribution in [2.45, 2.75) is 32.8 Å². The van der Waals surface area contributed by atoms with Crippen molar-refractivity contribution < 1.29 is 9.47 Å². The van der Waals surface area contributed by atoms with Crippen LogP contribution in [0.5, 0.6) is 11.5 Å². The summed E-state index contributed by atoms with van der Waals surface area (Å²) in [7, 11) is 1.59. The minimum atomic E-state index is -0.225. The van der Waals surface area contributed by atoms with E-state index in [1.54, 1.807) is 19.4 Å². The largest absolute Gasteiger partial charge is 0.493 e. The second-order valence-corrected chi connectivity index (χ2v) is 9.93. The number of rotatable bonds is 8. The van der Waals surface area contributed by atoms with Gasteiger partial charge in [-0.2, -0.15) is 9.78 Å². The minimum absolute atomic E-state index is 0.0405. The Morgan fingerprint density at radius 1 is 1.09 bits per heavy atom. The topological polar surface area (TPSA) is 65.7 Å². The summed E-state index contributed by atoms with van der Waals surface area (Å²) in [4.78, 5) is 18.2. The summed E-state index contributed by atoms with van der Waals surface area (Å²) >= 11 is 6.98. The fourth-order valence-electron chi connectivity index (χ4n) is 3.62. The van der Waals surface area contributed by atoms with E-state index < -0.39 is 0 Å². The molecule has 8 heteroatoms. The zero-order valence-corrected chi connectivity index (χ0v) is 22.8. The highest BCUT2D eigenvalue weighted by Gasteiger charge is 2.17. The molecule has 4 aromatic rings. The maximum atomic E-state index is 13.5. The van der Waals surface area contributed by atoms with Crippen LogP contribution in [0.3, 0.4) is 0 Å². The number of benzene rings is 3. The van der Waals surface area contributed by atoms with Gasteiger partial charge in [0.1, 0.15) is 12.4 Å². The predicted molar refractivity (Wildman–Crippen MR) is 147 cm³/mol. The first-order chi connectivity index (χ1) is 16.9. The standard InChI is InChI=1S/C27H25Br2N3O3/c1-4-17(2)26-31-23-11-10-20(28)13-22(23)27(33)32(26)30-15-19-12-21(29)14-24(34-3)25(19)35-16-18-8-6-5-7-9-18/h5-15,17H,4,16H2,1-3H3/t17-/m0/s1. The van der Waals surface area contributed by atoms with Gasteiger partial charge in [-0.15, -0.1) is 0 Å². The van der Waals surface area contributed by atoms with Crippen LogP contribution >= 0.6 is 31.9 Å². The summed E-state index contributed by atoms with van der Waals surface area (Å²) in [5.74, 6) is 1.75. The molecule has 0 aliphatic heterocycles. The number of halogens is 2. The van der Waals surface area contributed by atoms with Crippen LogP contribution in [-0.4, -0.2) is 23.0 Å². The van der Waals surface area contributed by atoms with E-state index in [1.807, 2.05) is 61.5 Å². The van der Waals surface area contributed by atoms with Gasteiger partial charge in [-0.25, -0.2) is 4.98 Å². The van der Waals surface area contributed by atoms with Crippen molar-refractivity contribution in [1.29, 1.82) is 0 Å². The Morgan fingerprint density at radius 3 is 2.57 bits per heavy atom. The molecule has 0 amide bonds. The molecule has 6 nitrogen and oxygen atoms in total. The van der Waals surface area contributed by atoms with Crippen LogP contribution in [0.1, 0.15) is 43.1 Å². The van der Waals surface area contributed by atoms with Crippen LogP contribution in [0, 0.1) is 0 Å². The van der Waals surface area contributed by atoms with Gasteiger partial charge in [0, 0.05) is 20.4 Å². The van der Waals surface area contributed by atoms with Crippen molar-refractivity contribution in [2.24, 2.45) is 5.10 Å². The summed E-state index contributed by atoms with van der Waals surface area (Å²) in [5, 5.41) is 5.10. The Hall–Kier alpha value is -2.97. The SMILES string of the molecule is CC[C@H](C)c1nc2ccc(Br)cc2c(=O)n1N=Cc1cc(Br)cc(OC)c1OCc1ccccc1. The summed E-state index contributed by atoms with van der Waals surface area (Å²) in [6.45, 7) is 4.46. The normalized spacial score (nSPS) is 12.3. The number of fused-ring (bicyclic) bond motifs is 1. The molecule has 35 heavy (non-hydrogen) atoms. The Labute approximate surface area is 220 Å². The molecule has 0 aliphatic carbocycles. The molecular weight excluding hydrogens is 574 g/mol. The van der Waals surface area contributed by atoms with Crippen LogP contribution in [-0.2, 0) is 6.61 Å². The molecule has 3 aromatic carbocycles. The first-order valence-corrected chi connectivity index (χ1v) is 12.8. The number of hydrogen-bond donors (Lipinski definition) is 0. The van der Waals surface area contributed by atoms with E-state index in [2.05, 4.69) is 43.9 Å². The lowest BCUT2D eigenvalue weighted by molar-refractivity contribution is 0.284. The van der Waals surface area contributed by atoms with Gasteiger partial charge in [0.25, 0.3) is 5.56 Å². The van der Waals surface area contributed by atoms with Gasteiger partial charge in [0.2, 0.25) is 0 Å². The van der Waals surface area contributed by atoms with Crippen LogP contribution in [0.2, 0.25) is 0 Å². The molecule has 0 fully saturated rings. The van der Waals surface area contributed by atoms with Gasteiger partial charge < -0.3 is 9.47 Å². The van der Waals surface area contributed by atoms with Crippen molar-refractivity contribution in [3.05, 3.63) is 96.9 Å². The monoisotopic (exact) mass is 597 g/mol. The second-order valence-electron chi connectivity index (χ2n) is 8.10. The summed E-state index contributed by atoms with van der Waals surface area (Å²) < 4.78 is 14.7. The molecule has 0 saturated heterocycles. The van der Waals surface area contributed by atoms with Crippen molar-refractivity contribution in [1.82, 2.24) is 9.66 Å². The van der Waals surface area contributed by atoms with Crippen LogP contribution in [0.4, 0.5) is 0 Å². The van der Waals surface area contributed by atoms with Crippen molar-refractivity contribution in [3.63, 3.8) is 0 Å². The van der Waals surface area contributed by atoms with Gasteiger partial charge in [-0.1, -0.05) is 76.0 Å². The van der Waals surface area contributed by atoms with E-state index in [-0.39, 0.29) is 11.5 Å². The fourth-order valence-corrected chi connectivity index (χ4v) is 4.44. The van der Waals surface area contributed by atoms with Gasteiger partial charge in [0.15, 0.2) is 11.5 Å². The van der Waals surface area contributed by atoms with E-state index in [9.17, 15) is 4.79 Å². The van der Waals surface area contributed by atoms with E-state index in [0.717, 1.165) is 20.9 Å². The van der Waals surface area contributed by atoms with E-state index in [1.165, 1.54) is 4.68 Å². The van der Waals surface area contributed by atoms with Crippen LogP contribution in [0.25, 0.3) is 10.9 Å². The first-order valence-electron chi connectivity index (χ1n) is 11.2. The number of aromatic nitrogens is 2. The number of methoxy groups -OCH3 is 1. The third-order valence-electron chi connectivity index (χ3n) is 5.69. The van der Waals surface area contributed by atoms with Crippen molar-refractivity contribution in [2.75, 3.05) is 7.11 Å². The maximum Gasteiger partial charge on any atom is 0.282 e. The second kappa shape index (κ2) is 11.2. The third-order valence-corrected chi connectivity index (χ3v) is 6.64. The van der Waals surface area contributed by atoms with Crippen LogP contribution in [0.15, 0.2) is 79.5 Å². The zero-order valence-electron chi connectivity index (χ0n) is 19.7. The molecule has 0 spiro atoms. The molecule has 0 N–H and O–H groups in total. The number of ether oxygens (including phenoxy) is 2. The molecule has 0 radical (unpaired) electrons. The average Bonchev–Trinajstić information content (AvgIpc) is 2.87. The van der Waals surface area contributed by atoms with E-state index in [4.69, 9.17) is 14.5 Å². The Kier molecular flexibility index (Phi) is 8.03. The lowest BCUT2D eigenvalue weighted by Gasteiger charge is -2.15. The van der Waals surface area contributed by atoms with Gasteiger partial charge >= 0.3 is 0 Å². The molecular formula is C27H25Br2N3O3. The molecule has 0 saturated carbocycles. The fraction of sp³-hybridized carbons (Fsp3) is 0.222. The predicted octanol–water partition coefficient (Wildman–Crippen LogP) is 6.90. The van der Waals surface area contributed by atoms with Gasteiger partial charge in [-0.05, 0) is 42.3 Å². The molecule has 1 heterocycles. The Morgan fingerprint density at radius 2 is 1.86 bits per heavy atom. The van der Waals surface area contributed by atoms with Crippen LogP contribution < -0.4 is 15.0 Å². The van der Waals surface area contributed by atoms with Gasteiger partial charge in [-0.3, -0.25) is 4.79 Å². The smallest absolute Gasteiger partial charge is 0.282 e. The number of hydrogen-bond acceptors (Lipinski definition) is 5. The first kappa shape index (κ1) is 25.1. The molecule has 180 valence electrons. The van der Waals surface area contributed by atoms with E-state index in [0.29, 0.717) is 40.4 Å². The summed E-state index contributed by atoms with van der Waals surface area (Å²) in [6.07, 6.45) is 2.44. The molecule has 0 aliphatic rings. The zero-order chi connectivity index (χ0) is 24.9. The number of nitrogens with zero attached hydrogens (tertiary/aromatic N) is 3. The lowest BCUT2D eigenvalue weighted by Crippen LogP contribution is -2.23. The maximum absolute atomic E-state index is 13.5. The van der Waals surface area contributed by atoms with Gasteiger partial charge in [0.05, 0.1) is 24.2 Å². The molecule has 0 unspecified atom stereocenters. The highest BCUT2D eigenvalue weighted by Crippen LogP contribution is 2.34.